The molecule has 140 valence electrons. The molecule has 0 unspecified atom stereocenters. The average molecular weight is 374 g/mol. The van der Waals surface area contributed by atoms with E-state index in [0.717, 1.165) is 11.1 Å². The zero-order valence-electron chi connectivity index (χ0n) is 14.9. The monoisotopic (exact) mass is 374 g/mol. The van der Waals surface area contributed by atoms with Gasteiger partial charge in [0.15, 0.2) is 18.4 Å². The Balaban J connectivity index is 0.000000112. The third-order valence-corrected chi connectivity index (χ3v) is 3.39. The number of benzene rings is 2. The van der Waals surface area contributed by atoms with E-state index in [4.69, 9.17) is 4.42 Å². The van der Waals surface area contributed by atoms with Gasteiger partial charge in [-0.25, -0.2) is 9.97 Å². The van der Waals surface area contributed by atoms with Gasteiger partial charge in [-0.2, -0.15) is 0 Å². The smallest absolute Gasteiger partial charge is 0.181 e. The largest absolute Gasteiger partial charge is 0.452 e. The summed E-state index contributed by atoms with van der Waals surface area (Å²) in [5.74, 6) is 0. The molecule has 7 heteroatoms. The Morgan fingerprint density at radius 3 is 2.32 bits per heavy atom. The van der Waals surface area contributed by atoms with Crippen molar-refractivity contribution in [2.75, 3.05) is 0 Å². The van der Waals surface area contributed by atoms with Crippen LogP contribution in [0.2, 0.25) is 0 Å². The van der Waals surface area contributed by atoms with Crippen molar-refractivity contribution in [2.24, 2.45) is 0 Å². The van der Waals surface area contributed by atoms with E-state index < -0.39 is 0 Å². The second-order valence-corrected chi connectivity index (χ2v) is 5.25. The van der Waals surface area contributed by atoms with Gasteiger partial charge < -0.3 is 18.3 Å². The number of para-hydroxylation sites is 3. The molecule has 0 amide bonds. The van der Waals surface area contributed by atoms with Gasteiger partial charge in [-0.3, -0.25) is 0 Å². The summed E-state index contributed by atoms with van der Waals surface area (Å²) in [5, 5.41) is 4.62. The standard InChI is InChI=1S/C8H7N.C7H5NO.2C3H3NO/c1-2-4-8-7(3-1)5-6-9-8;1-2-4-7-6(3-1)8-5-9-7;1-2-5-3-4-1;1-2-4-5-3-1/h1-6,9H;1-5H;2*1-3H. The number of nitrogens with zero attached hydrogens (tertiary/aromatic N) is 3. The van der Waals surface area contributed by atoms with Crippen molar-refractivity contribution < 1.29 is 13.4 Å². The molecule has 4 heterocycles. The van der Waals surface area contributed by atoms with Crippen molar-refractivity contribution in [1.82, 2.24) is 20.1 Å². The maximum atomic E-state index is 5.01. The van der Waals surface area contributed by atoms with Crippen molar-refractivity contribution in [2.45, 2.75) is 0 Å². The van der Waals surface area contributed by atoms with Gasteiger partial charge >= 0.3 is 0 Å². The molecule has 0 saturated heterocycles. The van der Waals surface area contributed by atoms with Gasteiger partial charge in [0, 0.05) is 11.7 Å². The molecule has 28 heavy (non-hydrogen) atoms. The van der Waals surface area contributed by atoms with Crippen molar-refractivity contribution in [3.63, 3.8) is 0 Å². The molecule has 0 bridgehead atoms. The van der Waals surface area contributed by atoms with Gasteiger partial charge in [-0.05, 0) is 35.7 Å². The van der Waals surface area contributed by atoms with Gasteiger partial charge in [-0.1, -0.05) is 35.5 Å². The highest BCUT2D eigenvalue weighted by Crippen LogP contribution is 2.09. The maximum Gasteiger partial charge on any atom is 0.181 e. The Bertz CT molecular complexity index is 942. The van der Waals surface area contributed by atoms with Crippen LogP contribution in [0.1, 0.15) is 0 Å². The van der Waals surface area contributed by atoms with Crippen LogP contribution in [0.4, 0.5) is 0 Å². The first-order valence-electron chi connectivity index (χ1n) is 8.40. The molecule has 0 aliphatic rings. The Morgan fingerprint density at radius 1 is 0.786 bits per heavy atom. The van der Waals surface area contributed by atoms with Gasteiger partial charge in [0.1, 0.15) is 18.0 Å². The van der Waals surface area contributed by atoms with Crippen LogP contribution in [0.25, 0.3) is 22.0 Å². The summed E-state index contributed by atoms with van der Waals surface area (Å²) in [5.41, 5.74) is 2.97. The third kappa shape index (κ3) is 5.99. The molecule has 0 fully saturated rings. The van der Waals surface area contributed by atoms with Crippen LogP contribution in [-0.4, -0.2) is 20.1 Å². The maximum absolute atomic E-state index is 5.01. The fourth-order valence-electron chi connectivity index (χ4n) is 2.15. The Morgan fingerprint density at radius 2 is 1.68 bits per heavy atom. The molecule has 6 aromatic rings. The van der Waals surface area contributed by atoms with Crippen LogP contribution < -0.4 is 0 Å². The van der Waals surface area contributed by atoms with E-state index in [-0.39, 0.29) is 0 Å². The molecule has 6 rings (SSSR count). The molecule has 0 aliphatic carbocycles. The van der Waals surface area contributed by atoms with Gasteiger partial charge in [0.05, 0.1) is 12.4 Å². The summed E-state index contributed by atoms with van der Waals surface area (Å²) in [6.45, 7) is 0. The van der Waals surface area contributed by atoms with Gasteiger partial charge in [-0.15, -0.1) is 0 Å². The lowest BCUT2D eigenvalue weighted by Gasteiger charge is -1.83. The van der Waals surface area contributed by atoms with E-state index in [1.165, 1.54) is 36.2 Å². The van der Waals surface area contributed by atoms with Crippen LogP contribution in [0.5, 0.6) is 0 Å². The molecule has 4 aromatic heterocycles. The number of aromatic amines is 1. The van der Waals surface area contributed by atoms with Crippen molar-refractivity contribution in [1.29, 1.82) is 0 Å². The number of hydrogen-bond acceptors (Lipinski definition) is 6. The van der Waals surface area contributed by atoms with Crippen molar-refractivity contribution >= 4 is 22.0 Å². The molecule has 0 saturated carbocycles. The minimum Gasteiger partial charge on any atom is -0.452 e. The molecule has 0 radical (unpaired) electrons. The van der Waals surface area contributed by atoms with E-state index in [2.05, 4.69) is 47.2 Å². The van der Waals surface area contributed by atoms with Crippen LogP contribution in [-0.2, 0) is 0 Å². The van der Waals surface area contributed by atoms with Crippen molar-refractivity contribution in [3.8, 4) is 0 Å². The summed E-state index contributed by atoms with van der Waals surface area (Å²) in [4.78, 5) is 10.6. The van der Waals surface area contributed by atoms with E-state index >= 15 is 0 Å². The normalized spacial score (nSPS) is 9.43. The first kappa shape index (κ1) is 18.7. The van der Waals surface area contributed by atoms with Crippen molar-refractivity contribution in [3.05, 3.63) is 105 Å². The topological polar surface area (TPSA) is 93.9 Å². The van der Waals surface area contributed by atoms with Gasteiger partial charge in [0.25, 0.3) is 0 Å². The summed E-state index contributed by atoms with van der Waals surface area (Å²) in [6.07, 6.45) is 11.0. The highest BCUT2D eigenvalue weighted by molar-refractivity contribution is 5.78. The number of aromatic nitrogens is 4. The number of hydrogen-bond donors (Lipinski definition) is 1. The molecule has 0 spiro atoms. The first-order valence-corrected chi connectivity index (χ1v) is 8.40. The van der Waals surface area contributed by atoms with E-state index in [1.807, 2.05) is 42.6 Å². The van der Waals surface area contributed by atoms with E-state index in [0.29, 0.717) is 0 Å². The number of H-pyrrole nitrogens is 1. The quantitative estimate of drug-likeness (QED) is 0.385. The minimum absolute atomic E-state index is 0.845. The van der Waals surface area contributed by atoms with E-state index in [1.54, 1.807) is 18.5 Å². The van der Waals surface area contributed by atoms with Crippen LogP contribution in [0.15, 0.2) is 118 Å². The molecule has 7 nitrogen and oxygen atoms in total. The molecule has 0 aliphatic heterocycles. The van der Waals surface area contributed by atoms with Crippen LogP contribution >= 0.6 is 0 Å². The second kappa shape index (κ2) is 10.8. The molecular formula is C21H18N4O3. The number of oxazole rings is 2. The molecule has 0 atom stereocenters. The van der Waals surface area contributed by atoms with Crippen LogP contribution in [0, 0.1) is 0 Å². The highest BCUT2D eigenvalue weighted by Gasteiger charge is 1.91. The Kier molecular flexibility index (Phi) is 7.18. The SMILES string of the molecule is c1ccc2[nH]ccc2c1.c1ccc2ocnc2c1.c1cnoc1.c1cocn1. The fraction of sp³-hybridized carbons (Fsp3) is 0. The zero-order valence-corrected chi connectivity index (χ0v) is 14.9. The summed E-state index contributed by atoms with van der Waals surface area (Å²) in [7, 11) is 0. The lowest BCUT2D eigenvalue weighted by Crippen LogP contribution is -1.61. The predicted molar refractivity (Wildman–Crippen MR) is 105 cm³/mol. The Hall–Kier alpha value is -4.13. The average Bonchev–Trinajstić information content (AvgIpc) is 3.56. The van der Waals surface area contributed by atoms with E-state index in [9.17, 15) is 0 Å². The predicted octanol–water partition coefficient (Wildman–Crippen LogP) is 5.34. The molecule has 2 aromatic carbocycles. The van der Waals surface area contributed by atoms with Crippen LogP contribution in [0.3, 0.4) is 0 Å². The summed E-state index contributed by atoms with van der Waals surface area (Å²) >= 11 is 0. The summed E-state index contributed by atoms with van der Waals surface area (Å²) in [6, 6.07) is 19.7. The second-order valence-electron chi connectivity index (χ2n) is 5.25. The highest BCUT2D eigenvalue weighted by atomic mass is 16.5. The third-order valence-electron chi connectivity index (χ3n) is 3.39. The zero-order chi connectivity index (χ0) is 19.3. The molecule has 1 N–H and O–H groups in total. The lowest BCUT2D eigenvalue weighted by atomic mass is 10.3. The minimum atomic E-state index is 0.845. The number of rotatable bonds is 0. The lowest BCUT2D eigenvalue weighted by molar-refractivity contribution is 0.420. The first-order chi connectivity index (χ1) is 13.9. The van der Waals surface area contributed by atoms with Gasteiger partial charge in [0.2, 0.25) is 0 Å². The number of nitrogens with one attached hydrogen (secondary N) is 1. The fourth-order valence-corrected chi connectivity index (χ4v) is 2.15. The Labute approximate surface area is 160 Å². The number of fused-ring (bicyclic) bond motifs is 2. The summed E-state index contributed by atoms with van der Waals surface area (Å²) < 4.78 is 13.8. The molecular weight excluding hydrogens is 356 g/mol.